The molecule has 0 bridgehead atoms. The highest BCUT2D eigenvalue weighted by molar-refractivity contribution is 6.93. The van der Waals surface area contributed by atoms with Crippen molar-refractivity contribution in [2.45, 2.75) is 0 Å². The van der Waals surface area contributed by atoms with Gasteiger partial charge in [0.25, 0.3) is 0 Å². The molecule has 0 amide bonds. The van der Waals surface area contributed by atoms with Crippen molar-refractivity contribution in [1.29, 1.82) is 0 Å². The van der Waals surface area contributed by atoms with Gasteiger partial charge in [0, 0.05) is 38.2 Å². The Hall–Kier alpha value is -2.98. The lowest BCUT2D eigenvalue weighted by Crippen LogP contribution is -2.73. The molecule has 0 unspecified atom stereocenters. The van der Waals surface area contributed by atoms with Gasteiger partial charge >= 0.3 is 8.56 Å². The van der Waals surface area contributed by atoms with Crippen molar-refractivity contribution in [3.05, 3.63) is 103 Å². The van der Waals surface area contributed by atoms with Gasteiger partial charge < -0.3 is 13.7 Å². The van der Waals surface area contributed by atoms with Crippen molar-refractivity contribution in [3.8, 4) is 0 Å². The highest BCUT2D eigenvalue weighted by atomic mass is 28.4. The summed E-state index contributed by atoms with van der Waals surface area (Å²) >= 11 is 0. The van der Waals surface area contributed by atoms with Gasteiger partial charge in [-0.05, 0) is 42.1 Å². The standard InChI is InChI=1S/C23H27N3Si/c1-5-27(24(2)21-15-9-6-10-16-21,25(3)22-17-11-7-12-18-22)26(4)23-19-13-8-14-20-23/h5-20H,1H2,2-4H3. The molecular weight excluding hydrogens is 346 g/mol. The fourth-order valence-corrected chi connectivity index (χ4v) is 7.37. The van der Waals surface area contributed by atoms with E-state index in [1.54, 1.807) is 0 Å². The maximum atomic E-state index is 4.31. The molecule has 0 heterocycles. The lowest BCUT2D eigenvalue weighted by atomic mass is 10.3. The van der Waals surface area contributed by atoms with Gasteiger partial charge in [0.1, 0.15) is 0 Å². The van der Waals surface area contributed by atoms with Gasteiger partial charge in [0.2, 0.25) is 0 Å². The molecular formula is C23H27N3Si. The third kappa shape index (κ3) is 3.48. The fourth-order valence-electron chi connectivity index (χ4n) is 3.61. The van der Waals surface area contributed by atoms with Gasteiger partial charge in [0.05, 0.1) is 0 Å². The highest BCUT2D eigenvalue weighted by Gasteiger charge is 2.46. The Morgan fingerprint density at radius 2 is 0.815 bits per heavy atom. The van der Waals surface area contributed by atoms with Crippen molar-refractivity contribution in [2.24, 2.45) is 0 Å². The van der Waals surface area contributed by atoms with Crippen LogP contribution in [0.15, 0.2) is 103 Å². The van der Waals surface area contributed by atoms with Gasteiger partial charge in [-0.15, -0.1) is 6.58 Å². The molecule has 3 rings (SSSR count). The molecule has 0 aliphatic rings. The molecule has 3 aromatic rings. The second-order valence-electron chi connectivity index (χ2n) is 6.58. The molecule has 0 N–H and O–H groups in total. The summed E-state index contributed by atoms with van der Waals surface area (Å²) in [5.74, 6) is 0. The van der Waals surface area contributed by atoms with Crippen molar-refractivity contribution in [1.82, 2.24) is 0 Å². The van der Waals surface area contributed by atoms with E-state index >= 15 is 0 Å². The second kappa shape index (κ2) is 8.14. The van der Waals surface area contributed by atoms with Gasteiger partial charge in [-0.2, -0.15) is 0 Å². The van der Waals surface area contributed by atoms with Crippen molar-refractivity contribution in [3.63, 3.8) is 0 Å². The number of benzene rings is 3. The monoisotopic (exact) mass is 373 g/mol. The van der Waals surface area contributed by atoms with Crippen molar-refractivity contribution >= 4 is 25.6 Å². The minimum Gasteiger partial charge on any atom is -0.364 e. The van der Waals surface area contributed by atoms with Crippen LogP contribution < -0.4 is 13.7 Å². The number of anilines is 3. The van der Waals surface area contributed by atoms with Crippen LogP contribution in [-0.2, 0) is 0 Å². The number of rotatable bonds is 7. The van der Waals surface area contributed by atoms with Crippen LogP contribution in [0.4, 0.5) is 17.1 Å². The molecule has 0 aliphatic carbocycles. The van der Waals surface area contributed by atoms with Crippen LogP contribution in [0.5, 0.6) is 0 Å². The lowest BCUT2D eigenvalue weighted by Gasteiger charge is -2.50. The van der Waals surface area contributed by atoms with Crippen LogP contribution in [0, 0.1) is 0 Å². The third-order valence-corrected chi connectivity index (χ3v) is 9.47. The maximum absolute atomic E-state index is 4.31. The molecule has 0 saturated carbocycles. The Labute approximate surface area is 164 Å². The number of hydrogen-bond donors (Lipinski definition) is 0. The number of nitrogens with zero attached hydrogens (tertiary/aromatic N) is 3. The molecule has 0 radical (unpaired) electrons. The summed E-state index contributed by atoms with van der Waals surface area (Å²) in [7, 11) is 3.97. The Morgan fingerprint density at radius 1 is 0.556 bits per heavy atom. The zero-order valence-electron chi connectivity index (χ0n) is 16.3. The first-order valence-corrected chi connectivity index (χ1v) is 11.0. The molecule has 3 nitrogen and oxygen atoms in total. The van der Waals surface area contributed by atoms with Gasteiger partial charge in [-0.1, -0.05) is 54.6 Å². The van der Waals surface area contributed by atoms with Crippen LogP contribution in [-0.4, -0.2) is 29.7 Å². The van der Waals surface area contributed by atoms with Crippen molar-refractivity contribution < 1.29 is 0 Å². The van der Waals surface area contributed by atoms with E-state index in [9.17, 15) is 0 Å². The minimum absolute atomic E-state index is 1.18. The van der Waals surface area contributed by atoms with E-state index in [2.05, 4.69) is 138 Å². The molecule has 0 atom stereocenters. The van der Waals surface area contributed by atoms with Gasteiger partial charge in [-0.3, -0.25) is 0 Å². The summed E-state index contributed by atoms with van der Waals surface area (Å²) in [6.07, 6.45) is 0. The molecule has 138 valence electrons. The average Bonchev–Trinajstić information content (AvgIpc) is 2.76. The van der Waals surface area contributed by atoms with Crippen LogP contribution in [0.2, 0.25) is 0 Å². The van der Waals surface area contributed by atoms with E-state index in [1.807, 2.05) is 0 Å². The Bertz CT molecular complexity index is 742. The predicted octanol–water partition coefficient (Wildman–Crippen LogP) is 5.06. The van der Waals surface area contributed by atoms with Crippen LogP contribution >= 0.6 is 0 Å². The quantitative estimate of drug-likeness (QED) is 0.536. The third-order valence-electron chi connectivity index (χ3n) is 5.19. The molecule has 0 aromatic heterocycles. The second-order valence-corrected chi connectivity index (χ2v) is 10.4. The predicted molar refractivity (Wildman–Crippen MR) is 120 cm³/mol. The Kier molecular flexibility index (Phi) is 5.67. The molecule has 0 spiro atoms. The summed E-state index contributed by atoms with van der Waals surface area (Å²) in [5, 5.41) is 0. The summed E-state index contributed by atoms with van der Waals surface area (Å²) in [4.78, 5) is 0. The molecule has 4 heteroatoms. The summed E-state index contributed by atoms with van der Waals surface area (Å²) in [6.45, 7) is 4.31. The Balaban J connectivity index is 2.16. The smallest absolute Gasteiger partial charge is 0.364 e. The summed E-state index contributed by atoms with van der Waals surface area (Å²) in [5.41, 5.74) is 5.67. The summed E-state index contributed by atoms with van der Waals surface area (Å²) < 4.78 is 7.17. The minimum atomic E-state index is -2.54. The Morgan fingerprint density at radius 3 is 1.04 bits per heavy atom. The van der Waals surface area contributed by atoms with E-state index in [0.29, 0.717) is 0 Å². The first kappa shape index (κ1) is 18.8. The van der Waals surface area contributed by atoms with E-state index in [1.165, 1.54) is 17.1 Å². The first-order valence-electron chi connectivity index (χ1n) is 9.11. The fraction of sp³-hybridized carbons (Fsp3) is 0.130. The van der Waals surface area contributed by atoms with Gasteiger partial charge in [0.15, 0.2) is 0 Å². The average molecular weight is 374 g/mol. The molecule has 0 saturated heterocycles. The number of para-hydroxylation sites is 3. The largest absolute Gasteiger partial charge is 0.405 e. The zero-order valence-corrected chi connectivity index (χ0v) is 17.3. The SMILES string of the molecule is C=C[Si](N(C)c1ccccc1)(N(C)c1ccccc1)N(C)c1ccccc1. The zero-order chi connectivity index (χ0) is 19.3. The van der Waals surface area contributed by atoms with Crippen LogP contribution in [0.1, 0.15) is 0 Å². The summed E-state index contributed by atoms with van der Waals surface area (Å²) in [6, 6.07) is 31.6. The molecule has 0 aliphatic heterocycles. The topological polar surface area (TPSA) is 9.72 Å². The van der Waals surface area contributed by atoms with Crippen LogP contribution in [0.3, 0.4) is 0 Å². The molecule has 27 heavy (non-hydrogen) atoms. The van der Waals surface area contributed by atoms with Crippen molar-refractivity contribution in [2.75, 3.05) is 34.8 Å². The lowest BCUT2D eigenvalue weighted by molar-refractivity contribution is 1.08. The van der Waals surface area contributed by atoms with Crippen LogP contribution in [0.25, 0.3) is 0 Å². The van der Waals surface area contributed by atoms with E-state index < -0.39 is 8.56 Å². The van der Waals surface area contributed by atoms with E-state index in [4.69, 9.17) is 0 Å². The van der Waals surface area contributed by atoms with E-state index in [0.717, 1.165) is 0 Å². The van der Waals surface area contributed by atoms with E-state index in [-0.39, 0.29) is 0 Å². The molecule has 0 fully saturated rings. The number of hydrogen-bond acceptors (Lipinski definition) is 3. The maximum Gasteiger partial charge on any atom is 0.405 e. The molecule has 3 aromatic carbocycles. The highest BCUT2D eigenvalue weighted by Crippen LogP contribution is 2.31. The first-order chi connectivity index (χ1) is 13.1. The van der Waals surface area contributed by atoms with Gasteiger partial charge in [-0.25, -0.2) is 0 Å². The normalized spacial score (nSPS) is 10.9.